The van der Waals surface area contributed by atoms with E-state index in [1.165, 1.54) is 18.2 Å². The van der Waals surface area contributed by atoms with Gasteiger partial charge in [-0.15, -0.1) is 0 Å². The maximum atomic E-state index is 12.2. The Kier molecular flexibility index (Phi) is 5.88. The number of carbonyl (C=O) groups excluding carboxylic acids is 1. The van der Waals surface area contributed by atoms with E-state index in [9.17, 15) is 14.9 Å². The number of rotatable bonds is 5. The molecule has 7 nitrogen and oxygen atoms in total. The van der Waals surface area contributed by atoms with Gasteiger partial charge in [-0.1, -0.05) is 24.3 Å². The molecule has 0 aliphatic carbocycles. The van der Waals surface area contributed by atoms with Gasteiger partial charge >= 0.3 is 0 Å². The van der Waals surface area contributed by atoms with Gasteiger partial charge in [0, 0.05) is 26.6 Å². The molecule has 0 atom stereocenters. The van der Waals surface area contributed by atoms with Crippen LogP contribution in [-0.2, 0) is 0 Å². The summed E-state index contributed by atoms with van der Waals surface area (Å²) in [5.74, 6) is -0.630. The first-order chi connectivity index (χ1) is 13.4. The number of aromatic nitrogens is 1. The number of aryl methyl sites for hydroxylation is 1. The molecule has 142 valence electrons. The molecule has 0 fully saturated rings. The second kappa shape index (κ2) is 8.34. The molecule has 1 amide bonds. The highest BCUT2D eigenvalue weighted by Crippen LogP contribution is 2.23. The monoisotopic (exact) mass is 488 g/mol. The van der Waals surface area contributed by atoms with Crippen LogP contribution in [0.25, 0.3) is 5.69 Å². The summed E-state index contributed by atoms with van der Waals surface area (Å²) in [7, 11) is 0. The van der Waals surface area contributed by atoms with E-state index in [1.807, 2.05) is 44.2 Å². The van der Waals surface area contributed by atoms with E-state index in [0.717, 1.165) is 26.2 Å². The average molecular weight is 488 g/mol. The van der Waals surface area contributed by atoms with E-state index < -0.39 is 10.8 Å². The van der Waals surface area contributed by atoms with Crippen LogP contribution < -0.4 is 5.43 Å². The van der Waals surface area contributed by atoms with Crippen LogP contribution in [-0.4, -0.2) is 21.6 Å². The van der Waals surface area contributed by atoms with E-state index in [4.69, 9.17) is 0 Å². The van der Waals surface area contributed by atoms with Crippen molar-refractivity contribution >= 4 is 40.4 Å². The lowest BCUT2D eigenvalue weighted by molar-refractivity contribution is -0.385. The Morgan fingerprint density at radius 1 is 1.18 bits per heavy atom. The van der Waals surface area contributed by atoms with Crippen LogP contribution in [0.15, 0.2) is 59.7 Å². The van der Waals surface area contributed by atoms with Crippen molar-refractivity contribution in [3.63, 3.8) is 0 Å². The average Bonchev–Trinajstić information content (AvgIpc) is 2.95. The minimum atomic E-state index is -0.630. The van der Waals surface area contributed by atoms with Crippen molar-refractivity contribution in [1.29, 1.82) is 0 Å². The first-order valence-corrected chi connectivity index (χ1v) is 9.48. The lowest BCUT2D eigenvalue weighted by Gasteiger charge is -2.11. The SMILES string of the molecule is Cc1cc(/C=N\NC(=O)c2ccccc2[N+](=O)[O-])c(C)n1-c1ccccc1I. The molecule has 0 saturated carbocycles. The molecular weight excluding hydrogens is 471 g/mol. The van der Waals surface area contributed by atoms with Crippen molar-refractivity contribution in [1.82, 2.24) is 9.99 Å². The fourth-order valence-corrected chi connectivity index (χ4v) is 3.60. The molecule has 28 heavy (non-hydrogen) atoms. The van der Waals surface area contributed by atoms with Crippen LogP contribution in [0, 0.1) is 27.5 Å². The standard InChI is InChI=1S/C20H17IN4O3/c1-13-11-15(14(2)24(13)19-10-6-4-8-17(19)21)12-22-23-20(26)16-7-3-5-9-18(16)25(27)28/h3-12H,1-2H3,(H,23,26)/b22-12-. The topological polar surface area (TPSA) is 89.5 Å². The molecule has 2 aromatic carbocycles. The number of nitro groups is 1. The van der Waals surface area contributed by atoms with Gasteiger partial charge in [-0.2, -0.15) is 5.10 Å². The van der Waals surface area contributed by atoms with Crippen LogP contribution in [0.4, 0.5) is 5.69 Å². The number of hydrazone groups is 1. The van der Waals surface area contributed by atoms with Gasteiger partial charge < -0.3 is 4.57 Å². The van der Waals surface area contributed by atoms with E-state index in [-0.39, 0.29) is 11.3 Å². The maximum absolute atomic E-state index is 12.2. The Morgan fingerprint density at radius 2 is 1.86 bits per heavy atom. The van der Waals surface area contributed by atoms with Gasteiger partial charge in [0.2, 0.25) is 0 Å². The highest BCUT2D eigenvalue weighted by Gasteiger charge is 2.18. The Hall–Kier alpha value is -3.01. The fourth-order valence-electron chi connectivity index (χ4n) is 2.97. The van der Waals surface area contributed by atoms with E-state index in [0.29, 0.717) is 0 Å². The van der Waals surface area contributed by atoms with Gasteiger partial charge in [0.25, 0.3) is 11.6 Å². The molecule has 1 N–H and O–H groups in total. The van der Waals surface area contributed by atoms with Crippen LogP contribution >= 0.6 is 22.6 Å². The van der Waals surface area contributed by atoms with E-state index >= 15 is 0 Å². The molecule has 0 spiro atoms. The normalized spacial score (nSPS) is 11.0. The first-order valence-electron chi connectivity index (χ1n) is 8.41. The zero-order valence-corrected chi connectivity index (χ0v) is 17.4. The Balaban J connectivity index is 1.83. The summed E-state index contributed by atoms with van der Waals surface area (Å²) in [4.78, 5) is 22.7. The third kappa shape index (κ3) is 3.96. The molecular formula is C20H17IN4O3. The van der Waals surface area contributed by atoms with E-state index in [1.54, 1.807) is 12.3 Å². The molecule has 0 unspecified atom stereocenters. The maximum Gasteiger partial charge on any atom is 0.282 e. The van der Waals surface area contributed by atoms with Gasteiger partial charge in [0.05, 0.1) is 16.8 Å². The van der Waals surface area contributed by atoms with Crippen molar-refractivity contribution in [2.75, 3.05) is 0 Å². The van der Waals surface area contributed by atoms with Crippen LogP contribution in [0.1, 0.15) is 27.3 Å². The number of nitrogens with one attached hydrogen (secondary N) is 1. The molecule has 0 aliphatic rings. The lowest BCUT2D eigenvalue weighted by atomic mass is 10.2. The number of hydrogen-bond donors (Lipinski definition) is 1. The molecule has 0 saturated heterocycles. The van der Waals surface area contributed by atoms with Crippen LogP contribution in [0.5, 0.6) is 0 Å². The summed E-state index contributed by atoms with van der Waals surface area (Å²) in [5.41, 5.74) is 6.01. The van der Waals surface area contributed by atoms with E-state index in [2.05, 4.69) is 37.7 Å². The number of amides is 1. The Morgan fingerprint density at radius 3 is 2.57 bits per heavy atom. The summed E-state index contributed by atoms with van der Waals surface area (Å²) < 4.78 is 3.24. The predicted molar refractivity (Wildman–Crippen MR) is 116 cm³/mol. The minimum absolute atomic E-state index is 0.0334. The number of hydrogen-bond acceptors (Lipinski definition) is 4. The number of carbonyl (C=O) groups is 1. The van der Waals surface area contributed by atoms with Crippen molar-refractivity contribution in [3.05, 3.63) is 90.8 Å². The zero-order valence-electron chi connectivity index (χ0n) is 15.2. The van der Waals surface area contributed by atoms with Gasteiger partial charge in [-0.05, 0) is 60.7 Å². The highest BCUT2D eigenvalue weighted by atomic mass is 127. The second-order valence-electron chi connectivity index (χ2n) is 6.09. The molecule has 0 bridgehead atoms. The molecule has 8 heteroatoms. The third-order valence-corrected chi connectivity index (χ3v) is 5.19. The third-order valence-electron chi connectivity index (χ3n) is 4.28. The Bertz CT molecular complexity index is 1090. The first kappa shape index (κ1) is 19.7. The molecule has 1 heterocycles. The molecule has 3 rings (SSSR count). The van der Waals surface area contributed by atoms with Gasteiger partial charge in [-0.25, -0.2) is 5.43 Å². The summed E-state index contributed by atoms with van der Waals surface area (Å²) in [5, 5.41) is 15.0. The predicted octanol–water partition coefficient (Wildman–Crippen LogP) is 4.37. The summed E-state index contributed by atoms with van der Waals surface area (Å²) in [6.07, 6.45) is 1.54. The van der Waals surface area contributed by atoms with Crippen LogP contribution in [0.2, 0.25) is 0 Å². The highest BCUT2D eigenvalue weighted by molar-refractivity contribution is 14.1. The second-order valence-corrected chi connectivity index (χ2v) is 7.25. The number of nitro benzene ring substituents is 1. The minimum Gasteiger partial charge on any atom is -0.317 e. The Labute approximate surface area is 175 Å². The van der Waals surface area contributed by atoms with Crippen molar-refractivity contribution in [2.45, 2.75) is 13.8 Å². The number of halogens is 1. The van der Waals surface area contributed by atoms with Gasteiger partial charge in [-0.3, -0.25) is 14.9 Å². The smallest absolute Gasteiger partial charge is 0.282 e. The van der Waals surface area contributed by atoms with Gasteiger partial charge in [0.1, 0.15) is 5.56 Å². The van der Waals surface area contributed by atoms with Crippen molar-refractivity contribution < 1.29 is 9.72 Å². The summed E-state index contributed by atoms with van der Waals surface area (Å²) in [6, 6.07) is 15.8. The summed E-state index contributed by atoms with van der Waals surface area (Å²) >= 11 is 2.29. The molecule has 0 radical (unpaired) electrons. The van der Waals surface area contributed by atoms with Crippen molar-refractivity contribution in [2.24, 2.45) is 5.10 Å². The zero-order chi connectivity index (χ0) is 20.3. The molecule has 0 aliphatic heterocycles. The quantitative estimate of drug-likeness (QED) is 0.250. The lowest BCUT2D eigenvalue weighted by Crippen LogP contribution is -2.19. The molecule has 3 aromatic rings. The fraction of sp³-hybridized carbons (Fsp3) is 0.100. The number of benzene rings is 2. The van der Waals surface area contributed by atoms with Gasteiger partial charge in [0.15, 0.2) is 0 Å². The van der Waals surface area contributed by atoms with Crippen LogP contribution in [0.3, 0.4) is 0 Å². The molecule has 1 aromatic heterocycles. The number of nitrogens with zero attached hydrogens (tertiary/aromatic N) is 3. The van der Waals surface area contributed by atoms with Crippen molar-refractivity contribution in [3.8, 4) is 5.69 Å². The number of para-hydroxylation sites is 2. The summed E-state index contributed by atoms with van der Waals surface area (Å²) in [6.45, 7) is 3.97. The largest absolute Gasteiger partial charge is 0.317 e.